The van der Waals surface area contributed by atoms with E-state index in [9.17, 15) is 9.90 Å². The van der Waals surface area contributed by atoms with Crippen molar-refractivity contribution in [3.05, 3.63) is 35.4 Å². The molecule has 0 aromatic heterocycles. The molecule has 92 valence electrons. The molecule has 1 atom stereocenters. The molecule has 3 nitrogen and oxygen atoms in total. The number of carbonyl (C=O) groups is 1. The summed E-state index contributed by atoms with van der Waals surface area (Å²) < 4.78 is 5.02. The van der Waals surface area contributed by atoms with E-state index in [1.165, 1.54) is 13.2 Å². The van der Waals surface area contributed by atoms with Crippen LogP contribution in [0.3, 0.4) is 0 Å². The van der Waals surface area contributed by atoms with Crippen LogP contribution in [-0.4, -0.2) is 18.5 Å². The first-order valence-corrected chi connectivity index (χ1v) is 5.50. The zero-order chi connectivity index (χ0) is 13.0. The van der Waals surface area contributed by atoms with E-state index >= 15 is 0 Å². The molecule has 0 aliphatic carbocycles. The summed E-state index contributed by atoms with van der Waals surface area (Å²) in [6.45, 7) is 7.87. The highest BCUT2D eigenvalue weighted by Gasteiger charge is 2.12. The van der Waals surface area contributed by atoms with E-state index < -0.39 is 0 Å². The Balaban J connectivity index is 3.08. The number of allylic oxidation sites excluding steroid dienone is 1. The molecule has 3 heteroatoms. The third-order valence-electron chi connectivity index (χ3n) is 2.93. The van der Waals surface area contributed by atoms with E-state index in [1.54, 1.807) is 6.07 Å². The monoisotopic (exact) mass is 234 g/mol. The first kappa shape index (κ1) is 13.3. The highest BCUT2D eigenvalue weighted by molar-refractivity contribution is 5.80. The molecule has 0 aliphatic rings. The van der Waals surface area contributed by atoms with Crippen LogP contribution in [0.5, 0.6) is 11.5 Å². The van der Waals surface area contributed by atoms with Gasteiger partial charge in [-0.3, -0.25) is 4.79 Å². The Hall–Kier alpha value is -1.77. The van der Waals surface area contributed by atoms with Crippen molar-refractivity contribution in [1.82, 2.24) is 0 Å². The summed E-state index contributed by atoms with van der Waals surface area (Å²) in [5, 5.41) is 9.85. The summed E-state index contributed by atoms with van der Waals surface area (Å²) in [7, 11) is 1.47. The van der Waals surface area contributed by atoms with Crippen LogP contribution >= 0.6 is 0 Å². The largest absolute Gasteiger partial charge is 0.508 e. The van der Waals surface area contributed by atoms with Gasteiger partial charge in [0.25, 0.3) is 0 Å². The minimum absolute atomic E-state index is 0.153. The van der Waals surface area contributed by atoms with Gasteiger partial charge in [-0.1, -0.05) is 19.1 Å². The van der Waals surface area contributed by atoms with Crippen LogP contribution in [0.25, 0.3) is 0 Å². The number of aldehydes is 1. The number of aromatic hydroxyl groups is 1. The van der Waals surface area contributed by atoms with Gasteiger partial charge in [0.1, 0.15) is 11.5 Å². The first-order chi connectivity index (χ1) is 7.99. The SMILES string of the molecule is C=C(C)C(C)Cc1cc(C=O)c(OC)cc1O. The number of phenolic OH excluding ortho intramolecular Hbond substituents is 1. The molecule has 0 saturated heterocycles. The lowest BCUT2D eigenvalue weighted by molar-refractivity contribution is 0.112. The zero-order valence-electron chi connectivity index (χ0n) is 10.5. The predicted molar refractivity (Wildman–Crippen MR) is 67.7 cm³/mol. The maximum Gasteiger partial charge on any atom is 0.153 e. The number of hydrogen-bond donors (Lipinski definition) is 1. The number of ether oxygens (including phenoxy) is 1. The second-order valence-corrected chi connectivity index (χ2v) is 4.29. The zero-order valence-corrected chi connectivity index (χ0v) is 10.5. The Bertz CT molecular complexity index is 435. The second-order valence-electron chi connectivity index (χ2n) is 4.29. The molecule has 1 aromatic rings. The Morgan fingerprint density at radius 1 is 1.59 bits per heavy atom. The van der Waals surface area contributed by atoms with Crippen molar-refractivity contribution in [1.29, 1.82) is 0 Å². The third-order valence-corrected chi connectivity index (χ3v) is 2.93. The standard InChI is InChI=1S/C14H18O3/c1-9(2)10(3)5-11-6-12(8-15)14(17-4)7-13(11)16/h6-8,10,16H,1,5H2,2-4H3. The average molecular weight is 234 g/mol. The quantitative estimate of drug-likeness (QED) is 0.629. The summed E-state index contributed by atoms with van der Waals surface area (Å²) in [6, 6.07) is 3.14. The topological polar surface area (TPSA) is 46.5 Å². The molecular formula is C14H18O3. The van der Waals surface area contributed by atoms with Gasteiger partial charge in [0.05, 0.1) is 12.7 Å². The number of hydrogen-bond acceptors (Lipinski definition) is 3. The van der Waals surface area contributed by atoms with Crippen molar-refractivity contribution < 1.29 is 14.6 Å². The molecule has 0 radical (unpaired) electrons. The van der Waals surface area contributed by atoms with E-state index in [4.69, 9.17) is 4.74 Å². The minimum Gasteiger partial charge on any atom is -0.508 e. The molecule has 0 heterocycles. The highest BCUT2D eigenvalue weighted by Crippen LogP contribution is 2.29. The van der Waals surface area contributed by atoms with E-state index in [0.29, 0.717) is 17.7 Å². The van der Waals surface area contributed by atoms with Gasteiger partial charge >= 0.3 is 0 Å². The Labute approximate surface area is 102 Å². The molecule has 1 rings (SSSR count). The van der Waals surface area contributed by atoms with Crippen molar-refractivity contribution in [2.75, 3.05) is 7.11 Å². The summed E-state index contributed by atoms with van der Waals surface area (Å²) in [6.07, 6.45) is 1.39. The van der Waals surface area contributed by atoms with Crippen LogP contribution in [0.1, 0.15) is 29.8 Å². The Morgan fingerprint density at radius 2 is 2.24 bits per heavy atom. The number of methoxy groups -OCH3 is 1. The van der Waals surface area contributed by atoms with Crippen molar-refractivity contribution in [2.24, 2.45) is 5.92 Å². The van der Waals surface area contributed by atoms with Crippen molar-refractivity contribution >= 4 is 6.29 Å². The van der Waals surface area contributed by atoms with E-state index in [1.807, 2.05) is 13.8 Å². The average Bonchev–Trinajstić information content (AvgIpc) is 2.30. The maximum absolute atomic E-state index is 10.9. The van der Waals surface area contributed by atoms with Gasteiger partial charge in [0, 0.05) is 6.07 Å². The summed E-state index contributed by atoms with van der Waals surface area (Å²) >= 11 is 0. The van der Waals surface area contributed by atoms with Gasteiger partial charge in [-0.15, -0.1) is 0 Å². The van der Waals surface area contributed by atoms with Crippen LogP contribution in [0.15, 0.2) is 24.3 Å². The van der Waals surface area contributed by atoms with Crippen LogP contribution in [0.2, 0.25) is 0 Å². The highest BCUT2D eigenvalue weighted by atomic mass is 16.5. The van der Waals surface area contributed by atoms with Gasteiger partial charge in [-0.25, -0.2) is 0 Å². The molecule has 0 amide bonds. The molecule has 0 fully saturated rings. The number of benzene rings is 1. The Kier molecular flexibility index (Phi) is 4.32. The van der Waals surface area contributed by atoms with Crippen molar-refractivity contribution in [3.63, 3.8) is 0 Å². The lowest BCUT2D eigenvalue weighted by Crippen LogP contribution is -2.02. The summed E-state index contributed by atoms with van der Waals surface area (Å²) in [5.41, 5.74) is 2.24. The van der Waals surface area contributed by atoms with E-state index in [2.05, 4.69) is 6.58 Å². The smallest absolute Gasteiger partial charge is 0.153 e. The predicted octanol–water partition coefficient (Wildman–Crippen LogP) is 2.97. The lowest BCUT2D eigenvalue weighted by atomic mass is 9.94. The van der Waals surface area contributed by atoms with Gasteiger partial charge in [-0.05, 0) is 30.9 Å². The maximum atomic E-state index is 10.9. The third kappa shape index (κ3) is 3.09. The number of carbonyl (C=O) groups excluding carboxylic acids is 1. The Morgan fingerprint density at radius 3 is 2.71 bits per heavy atom. The van der Waals surface area contributed by atoms with Crippen LogP contribution < -0.4 is 4.74 Å². The van der Waals surface area contributed by atoms with Gasteiger partial charge in [-0.2, -0.15) is 0 Å². The summed E-state index contributed by atoms with van der Waals surface area (Å²) in [4.78, 5) is 10.9. The molecule has 17 heavy (non-hydrogen) atoms. The lowest BCUT2D eigenvalue weighted by Gasteiger charge is -2.14. The molecular weight excluding hydrogens is 216 g/mol. The van der Waals surface area contributed by atoms with Crippen molar-refractivity contribution in [2.45, 2.75) is 20.3 Å². The molecule has 1 aromatic carbocycles. The summed E-state index contributed by atoms with van der Waals surface area (Å²) in [5.74, 6) is 0.804. The number of phenols is 1. The van der Waals surface area contributed by atoms with Crippen molar-refractivity contribution in [3.8, 4) is 11.5 Å². The second kappa shape index (κ2) is 5.53. The molecule has 1 unspecified atom stereocenters. The van der Waals surface area contributed by atoms with E-state index in [0.717, 1.165) is 17.4 Å². The van der Waals surface area contributed by atoms with Crippen LogP contribution in [0, 0.1) is 5.92 Å². The van der Waals surface area contributed by atoms with Crippen LogP contribution in [-0.2, 0) is 6.42 Å². The molecule has 1 N–H and O–H groups in total. The van der Waals surface area contributed by atoms with Gasteiger partial charge in [0.2, 0.25) is 0 Å². The van der Waals surface area contributed by atoms with Crippen LogP contribution in [0.4, 0.5) is 0 Å². The molecule has 0 bridgehead atoms. The van der Waals surface area contributed by atoms with Gasteiger partial charge in [0.15, 0.2) is 6.29 Å². The minimum atomic E-state index is 0.153. The van der Waals surface area contributed by atoms with E-state index in [-0.39, 0.29) is 11.7 Å². The fourth-order valence-electron chi connectivity index (χ4n) is 1.57. The molecule has 0 saturated carbocycles. The molecule has 0 spiro atoms. The number of rotatable bonds is 5. The normalized spacial score (nSPS) is 11.9. The fraction of sp³-hybridized carbons (Fsp3) is 0.357. The first-order valence-electron chi connectivity index (χ1n) is 5.50. The molecule has 0 aliphatic heterocycles. The van der Waals surface area contributed by atoms with Gasteiger partial charge < -0.3 is 9.84 Å². The fourth-order valence-corrected chi connectivity index (χ4v) is 1.57.